The average Bonchev–Trinajstić information content (AvgIpc) is 2.23. The zero-order valence-corrected chi connectivity index (χ0v) is 10.6. The Kier molecular flexibility index (Phi) is 5.22. The maximum atomic E-state index is 12.0. The maximum absolute atomic E-state index is 12.0. The van der Waals surface area contributed by atoms with Gasteiger partial charge in [0.25, 0.3) is 0 Å². The van der Waals surface area contributed by atoms with E-state index in [4.69, 9.17) is 10.5 Å². The third-order valence-electron chi connectivity index (χ3n) is 2.92. The van der Waals surface area contributed by atoms with Gasteiger partial charge in [-0.1, -0.05) is 19.8 Å². The summed E-state index contributed by atoms with van der Waals surface area (Å²) in [5.74, 6) is 0.0791. The third-order valence-corrected chi connectivity index (χ3v) is 2.92. The standard InChI is InChI=1S/C12H24N2O2/c1-4-5-6-11(13)12(15)14-7-9(2)16-10(3)8-14/h9-11H,4-8,13H2,1-3H3/t9-,10+,11?. The number of carbonyl (C=O) groups excluding carboxylic acids is 1. The van der Waals surface area contributed by atoms with Crippen molar-refractivity contribution >= 4 is 5.91 Å². The van der Waals surface area contributed by atoms with Gasteiger partial charge in [0, 0.05) is 13.1 Å². The van der Waals surface area contributed by atoms with Gasteiger partial charge >= 0.3 is 0 Å². The molecule has 1 fully saturated rings. The molecular formula is C12H24N2O2. The average molecular weight is 228 g/mol. The first-order chi connectivity index (χ1) is 7.54. The van der Waals surface area contributed by atoms with Gasteiger partial charge in [-0.15, -0.1) is 0 Å². The highest BCUT2D eigenvalue weighted by molar-refractivity contribution is 5.81. The lowest BCUT2D eigenvalue weighted by Gasteiger charge is -2.36. The molecule has 1 rings (SSSR count). The van der Waals surface area contributed by atoms with E-state index in [9.17, 15) is 4.79 Å². The second kappa shape index (κ2) is 6.21. The van der Waals surface area contributed by atoms with E-state index in [0.717, 1.165) is 19.3 Å². The molecule has 0 aromatic carbocycles. The number of amides is 1. The zero-order valence-electron chi connectivity index (χ0n) is 10.6. The fraction of sp³-hybridized carbons (Fsp3) is 0.917. The summed E-state index contributed by atoms with van der Waals surface area (Å²) >= 11 is 0. The van der Waals surface area contributed by atoms with Gasteiger partial charge in [0.1, 0.15) is 0 Å². The fourth-order valence-corrected chi connectivity index (χ4v) is 2.14. The molecule has 94 valence electrons. The van der Waals surface area contributed by atoms with Gasteiger partial charge in [0.2, 0.25) is 5.91 Å². The highest BCUT2D eigenvalue weighted by Crippen LogP contribution is 2.12. The second-order valence-electron chi connectivity index (χ2n) is 4.75. The van der Waals surface area contributed by atoms with E-state index in [2.05, 4.69) is 6.92 Å². The normalized spacial score (nSPS) is 27.9. The molecule has 0 radical (unpaired) electrons. The SMILES string of the molecule is CCCCC(N)C(=O)N1C[C@@H](C)O[C@@H](C)C1. The Morgan fingerprint density at radius 3 is 2.50 bits per heavy atom. The Morgan fingerprint density at radius 1 is 1.44 bits per heavy atom. The number of carbonyl (C=O) groups is 1. The molecule has 3 atom stereocenters. The van der Waals surface area contributed by atoms with Gasteiger partial charge in [0.15, 0.2) is 0 Å². The van der Waals surface area contributed by atoms with Crippen LogP contribution in [-0.2, 0) is 9.53 Å². The lowest BCUT2D eigenvalue weighted by Crippen LogP contribution is -2.53. The summed E-state index contributed by atoms with van der Waals surface area (Å²) in [7, 11) is 0. The van der Waals surface area contributed by atoms with Gasteiger partial charge in [0.05, 0.1) is 18.2 Å². The zero-order chi connectivity index (χ0) is 12.1. The molecule has 0 spiro atoms. The van der Waals surface area contributed by atoms with Gasteiger partial charge < -0.3 is 15.4 Å². The molecule has 1 aliphatic heterocycles. The number of hydrogen-bond donors (Lipinski definition) is 1. The Balaban J connectivity index is 2.45. The van der Waals surface area contributed by atoms with Crippen LogP contribution in [0.2, 0.25) is 0 Å². The van der Waals surface area contributed by atoms with E-state index in [1.807, 2.05) is 18.7 Å². The van der Waals surface area contributed by atoms with Crippen LogP contribution in [0.3, 0.4) is 0 Å². The van der Waals surface area contributed by atoms with Gasteiger partial charge in [-0.05, 0) is 20.3 Å². The summed E-state index contributed by atoms with van der Waals surface area (Å²) in [6.45, 7) is 7.43. The Bertz CT molecular complexity index is 223. The molecule has 1 aliphatic rings. The summed E-state index contributed by atoms with van der Waals surface area (Å²) < 4.78 is 5.59. The molecule has 2 N–H and O–H groups in total. The number of unbranched alkanes of at least 4 members (excludes halogenated alkanes) is 1. The van der Waals surface area contributed by atoms with Crippen molar-refractivity contribution in [3.63, 3.8) is 0 Å². The summed E-state index contributed by atoms with van der Waals surface area (Å²) in [6.07, 6.45) is 3.12. The molecule has 0 aromatic rings. The molecule has 0 aliphatic carbocycles. The van der Waals surface area contributed by atoms with E-state index in [-0.39, 0.29) is 24.2 Å². The van der Waals surface area contributed by atoms with Crippen LogP contribution in [0.1, 0.15) is 40.0 Å². The molecule has 1 heterocycles. The Hall–Kier alpha value is -0.610. The Morgan fingerprint density at radius 2 is 2.00 bits per heavy atom. The molecule has 0 saturated carbocycles. The number of nitrogens with zero attached hydrogens (tertiary/aromatic N) is 1. The minimum Gasteiger partial charge on any atom is -0.372 e. The van der Waals surface area contributed by atoms with E-state index in [0.29, 0.717) is 13.1 Å². The van der Waals surface area contributed by atoms with Gasteiger partial charge in [-0.3, -0.25) is 4.79 Å². The Labute approximate surface area is 98.1 Å². The molecule has 1 saturated heterocycles. The molecule has 0 bridgehead atoms. The van der Waals surface area contributed by atoms with Gasteiger partial charge in [-0.2, -0.15) is 0 Å². The van der Waals surface area contributed by atoms with E-state index in [1.54, 1.807) is 0 Å². The lowest BCUT2D eigenvalue weighted by molar-refractivity contribution is -0.144. The summed E-state index contributed by atoms with van der Waals surface area (Å²) in [6, 6.07) is -0.336. The topological polar surface area (TPSA) is 55.6 Å². The number of nitrogens with two attached hydrogens (primary N) is 1. The number of hydrogen-bond acceptors (Lipinski definition) is 3. The molecule has 4 heteroatoms. The van der Waals surface area contributed by atoms with Crippen LogP contribution in [0, 0.1) is 0 Å². The third kappa shape index (κ3) is 3.76. The van der Waals surface area contributed by atoms with Crippen molar-refractivity contribution in [2.45, 2.75) is 58.3 Å². The number of morpholine rings is 1. The van der Waals surface area contributed by atoms with E-state index < -0.39 is 0 Å². The first-order valence-corrected chi connectivity index (χ1v) is 6.24. The van der Waals surface area contributed by atoms with Crippen LogP contribution in [0.15, 0.2) is 0 Å². The van der Waals surface area contributed by atoms with Crippen molar-refractivity contribution in [3.05, 3.63) is 0 Å². The number of ether oxygens (including phenoxy) is 1. The van der Waals surface area contributed by atoms with Crippen LogP contribution < -0.4 is 5.73 Å². The summed E-state index contributed by atoms with van der Waals surface area (Å²) in [5.41, 5.74) is 5.89. The summed E-state index contributed by atoms with van der Waals surface area (Å²) in [5, 5.41) is 0. The molecule has 16 heavy (non-hydrogen) atoms. The maximum Gasteiger partial charge on any atom is 0.239 e. The highest BCUT2D eigenvalue weighted by atomic mass is 16.5. The van der Waals surface area contributed by atoms with Crippen LogP contribution in [0.25, 0.3) is 0 Å². The van der Waals surface area contributed by atoms with Crippen molar-refractivity contribution in [1.29, 1.82) is 0 Å². The minimum atomic E-state index is -0.336. The highest BCUT2D eigenvalue weighted by Gasteiger charge is 2.28. The quantitative estimate of drug-likeness (QED) is 0.785. The first kappa shape index (κ1) is 13.5. The van der Waals surface area contributed by atoms with Crippen LogP contribution in [0.5, 0.6) is 0 Å². The first-order valence-electron chi connectivity index (χ1n) is 6.24. The fourth-order valence-electron chi connectivity index (χ4n) is 2.14. The lowest BCUT2D eigenvalue weighted by atomic mass is 10.1. The predicted molar refractivity (Wildman–Crippen MR) is 64.1 cm³/mol. The summed E-state index contributed by atoms with van der Waals surface area (Å²) in [4.78, 5) is 13.9. The van der Waals surface area contributed by atoms with Crippen molar-refractivity contribution < 1.29 is 9.53 Å². The molecular weight excluding hydrogens is 204 g/mol. The van der Waals surface area contributed by atoms with Crippen molar-refractivity contribution in [3.8, 4) is 0 Å². The second-order valence-corrected chi connectivity index (χ2v) is 4.75. The van der Waals surface area contributed by atoms with E-state index >= 15 is 0 Å². The molecule has 4 nitrogen and oxygen atoms in total. The smallest absolute Gasteiger partial charge is 0.239 e. The molecule has 1 unspecified atom stereocenters. The molecule has 0 aromatic heterocycles. The minimum absolute atomic E-state index is 0.0791. The largest absolute Gasteiger partial charge is 0.372 e. The van der Waals surface area contributed by atoms with Crippen molar-refractivity contribution in [2.24, 2.45) is 5.73 Å². The monoisotopic (exact) mass is 228 g/mol. The molecule has 1 amide bonds. The number of rotatable bonds is 4. The van der Waals surface area contributed by atoms with Crippen LogP contribution in [-0.4, -0.2) is 42.1 Å². The predicted octanol–water partition coefficient (Wildman–Crippen LogP) is 1.14. The van der Waals surface area contributed by atoms with Gasteiger partial charge in [-0.25, -0.2) is 0 Å². The van der Waals surface area contributed by atoms with E-state index in [1.165, 1.54) is 0 Å². The van der Waals surface area contributed by atoms with Crippen molar-refractivity contribution in [1.82, 2.24) is 4.90 Å². The van der Waals surface area contributed by atoms with Crippen LogP contribution >= 0.6 is 0 Å². The van der Waals surface area contributed by atoms with Crippen LogP contribution in [0.4, 0.5) is 0 Å². The van der Waals surface area contributed by atoms with Crippen molar-refractivity contribution in [2.75, 3.05) is 13.1 Å².